The minimum atomic E-state index is -0.142. The molecule has 2 saturated carbocycles. The highest BCUT2D eigenvalue weighted by Gasteiger charge is 2.52. The molecule has 2 bridgehead atoms. The van der Waals surface area contributed by atoms with Crippen LogP contribution in [-0.4, -0.2) is 63.3 Å². The summed E-state index contributed by atoms with van der Waals surface area (Å²) >= 11 is 0. The molecule has 2 fully saturated rings. The predicted molar refractivity (Wildman–Crippen MR) is 311 cm³/mol. The highest BCUT2D eigenvalue weighted by molar-refractivity contribution is 5.71. The first-order valence-electron chi connectivity index (χ1n) is 32.4. The summed E-state index contributed by atoms with van der Waals surface area (Å²) in [7, 11) is 3.81. The molecule has 0 aromatic carbocycles. The fourth-order valence-electron chi connectivity index (χ4n) is 14.2. The van der Waals surface area contributed by atoms with Gasteiger partial charge < -0.3 is 14.2 Å². The van der Waals surface area contributed by atoms with Gasteiger partial charge >= 0.3 is 17.9 Å². The summed E-state index contributed by atoms with van der Waals surface area (Å²) in [6.45, 7) is 16.0. The van der Waals surface area contributed by atoms with Gasteiger partial charge in [0.05, 0.1) is 26.4 Å². The van der Waals surface area contributed by atoms with E-state index >= 15 is 0 Å². The molecule has 0 radical (unpaired) electrons. The maximum absolute atomic E-state index is 13.5. The first-order chi connectivity index (χ1) is 35.3. The molecule has 0 aliphatic heterocycles. The van der Waals surface area contributed by atoms with E-state index in [2.05, 4.69) is 41.5 Å². The molecule has 0 N–H and O–H groups in total. The molecule has 73 heavy (non-hydrogen) atoms. The van der Waals surface area contributed by atoms with Crippen molar-refractivity contribution in [3.8, 4) is 0 Å². The number of hydrogen-bond acceptors (Lipinski definition) is 7. The van der Waals surface area contributed by atoms with E-state index < -0.39 is 0 Å². The molecule has 0 heterocycles. The Morgan fingerprint density at radius 3 is 1.04 bits per heavy atom. The Labute approximate surface area is 454 Å². The van der Waals surface area contributed by atoms with E-state index in [0.717, 1.165) is 51.4 Å². The summed E-state index contributed by atoms with van der Waals surface area (Å²) in [5.74, 6) is 1.46. The average Bonchev–Trinajstić information content (AvgIpc) is 3.33. The lowest BCUT2D eigenvalue weighted by molar-refractivity contribution is -0.146. The Morgan fingerprint density at radius 2 is 0.712 bits per heavy atom. The van der Waals surface area contributed by atoms with E-state index in [-0.39, 0.29) is 34.2 Å². The van der Waals surface area contributed by atoms with Gasteiger partial charge in [0, 0.05) is 12.8 Å². The Bertz CT molecular complexity index is 1310. The van der Waals surface area contributed by atoms with E-state index in [9.17, 15) is 14.4 Å². The maximum atomic E-state index is 13.5. The maximum Gasteiger partial charge on any atom is 0.320 e. The van der Waals surface area contributed by atoms with Gasteiger partial charge in [0.2, 0.25) is 0 Å². The van der Waals surface area contributed by atoms with E-state index in [4.69, 9.17) is 14.2 Å². The molecule has 2 aliphatic carbocycles. The van der Waals surface area contributed by atoms with Crippen LogP contribution in [0.4, 0.5) is 0 Å². The quantitative estimate of drug-likeness (QED) is 0.0341. The third-order valence-electron chi connectivity index (χ3n) is 17.6. The molecule has 430 valence electrons. The number of rotatable bonds is 50. The monoisotopic (exact) mass is 1030 g/mol. The van der Waals surface area contributed by atoms with Crippen LogP contribution in [0.1, 0.15) is 330 Å². The van der Waals surface area contributed by atoms with Crippen LogP contribution in [-0.2, 0) is 28.6 Å². The van der Waals surface area contributed by atoms with Crippen LogP contribution in [0.5, 0.6) is 0 Å². The van der Waals surface area contributed by atoms with Gasteiger partial charge in [-0.15, -0.1) is 0 Å². The van der Waals surface area contributed by atoms with E-state index in [0.29, 0.717) is 57.0 Å². The summed E-state index contributed by atoms with van der Waals surface area (Å²) in [5, 5.41) is 0. The van der Waals surface area contributed by atoms with Crippen molar-refractivity contribution in [3.63, 3.8) is 0 Å². The lowest BCUT2D eigenvalue weighted by Crippen LogP contribution is -2.47. The van der Waals surface area contributed by atoms with E-state index in [1.165, 1.54) is 225 Å². The van der Waals surface area contributed by atoms with Crippen LogP contribution >= 0.6 is 0 Å². The van der Waals surface area contributed by atoms with Gasteiger partial charge in [-0.2, -0.15) is 0 Å². The Hall–Kier alpha value is -1.63. The SMILES string of the molecule is CCCCCCCCCC(CCCCCCCCC)CC(=O)OCCCC1(C)CC2CC(C)(CCCOC(=O)CN(C)C)CC(CCCOC(=O)CC(CCCCCCCCC)CCCCCCCCC)(C2)C1. The Kier molecular flexibility index (Phi) is 39.2. The smallest absolute Gasteiger partial charge is 0.320 e. The van der Waals surface area contributed by atoms with E-state index in [1.54, 1.807) is 0 Å². The molecule has 7 heteroatoms. The number of carbonyl (C=O) groups is 3. The van der Waals surface area contributed by atoms with Gasteiger partial charge in [-0.25, -0.2) is 0 Å². The summed E-state index contributed by atoms with van der Waals surface area (Å²) < 4.78 is 17.9. The number of likely N-dealkylation sites (N-methyl/N-ethyl adjacent to an activating group) is 1. The van der Waals surface area contributed by atoms with Gasteiger partial charge in [0.1, 0.15) is 0 Å². The Morgan fingerprint density at radius 1 is 0.411 bits per heavy atom. The first kappa shape index (κ1) is 67.5. The van der Waals surface area contributed by atoms with E-state index in [1.807, 2.05) is 19.0 Å². The normalized spacial score (nSPS) is 20.8. The molecule has 0 aromatic heterocycles. The second-order valence-electron chi connectivity index (χ2n) is 25.9. The molecular weight excluding hydrogens is 903 g/mol. The summed E-state index contributed by atoms with van der Waals surface area (Å²) in [4.78, 5) is 41.2. The molecule has 0 saturated heterocycles. The van der Waals surface area contributed by atoms with Gasteiger partial charge in [-0.05, 0) is 144 Å². The van der Waals surface area contributed by atoms with Crippen LogP contribution in [0.25, 0.3) is 0 Å². The summed E-state index contributed by atoms with van der Waals surface area (Å²) in [6.07, 6.45) is 54.7. The lowest BCUT2D eigenvalue weighted by atomic mass is 9.47. The standard InChI is InChI=1S/C66H125NO6/c1-9-13-17-21-25-29-33-40-58(41-34-30-26-22-18-14-10-2)50-61(68)71-47-37-44-64(5)52-60-53-65(6,45-38-48-73-63(70)55-67(7)8)57-66(54-60,56-64)46-39-49-72-62(69)51-59(42-35-31-27-23-19-15-11-3)43-36-32-28-24-20-16-12-4/h58-60H,9-57H2,1-8H3. The number of ether oxygens (including phenoxy) is 3. The average molecular weight is 1030 g/mol. The van der Waals surface area contributed by atoms with Gasteiger partial charge in [0.15, 0.2) is 0 Å². The van der Waals surface area contributed by atoms with Gasteiger partial charge in [-0.1, -0.05) is 221 Å². The van der Waals surface area contributed by atoms with Crippen molar-refractivity contribution in [2.45, 2.75) is 330 Å². The molecule has 7 nitrogen and oxygen atoms in total. The van der Waals surface area contributed by atoms with Crippen molar-refractivity contribution in [2.75, 3.05) is 40.5 Å². The number of carbonyl (C=O) groups excluding carboxylic acids is 3. The number of hydrogen-bond donors (Lipinski definition) is 0. The number of fused-ring (bicyclic) bond motifs is 2. The Balaban J connectivity index is 2.02. The van der Waals surface area contributed by atoms with Crippen LogP contribution in [0.2, 0.25) is 0 Å². The zero-order chi connectivity index (χ0) is 53.3. The first-order valence-corrected chi connectivity index (χ1v) is 32.4. The molecule has 4 unspecified atom stereocenters. The summed E-state index contributed by atoms with van der Waals surface area (Å²) in [6, 6.07) is 0. The zero-order valence-electron chi connectivity index (χ0n) is 50.3. The molecule has 0 aromatic rings. The van der Waals surface area contributed by atoms with Gasteiger partial charge in [0.25, 0.3) is 0 Å². The minimum Gasteiger partial charge on any atom is -0.466 e. The van der Waals surface area contributed by atoms with Crippen molar-refractivity contribution in [1.29, 1.82) is 0 Å². The summed E-state index contributed by atoms with van der Waals surface area (Å²) in [5.41, 5.74) is 0.598. The highest BCUT2D eigenvalue weighted by atomic mass is 16.5. The van der Waals surface area contributed by atoms with Crippen LogP contribution in [0, 0.1) is 34.0 Å². The fraction of sp³-hybridized carbons (Fsp3) is 0.955. The zero-order valence-corrected chi connectivity index (χ0v) is 50.3. The van der Waals surface area contributed by atoms with Crippen molar-refractivity contribution >= 4 is 17.9 Å². The molecular formula is C66H125NO6. The molecule has 2 rings (SSSR count). The second-order valence-corrected chi connectivity index (χ2v) is 25.9. The van der Waals surface area contributed by atoms with Crippen LogP contribution in [0.15, 0.2) is 0 Å². The molecule has 0 spiro atoms. The highest BCUT2D eigenvalue weighted by Crippen LogP contribution is 2.64. The van der Waals surface area contributed by atoms with Crippen molar-refractivity contribution in [3.05, 3.63) is 0 Å². The van der Waals surface area contributed by atoms with Gasteiger partial charge in [-0.3, -0.25) is 19.3 Å². The second kappa shape index (κ2) is 42.4. The third kappa shape index (κ3) is 34.7. The van der Waals surface area contributed by atoms with Crippen LogP contribution < -0.4 is 0 Å². The van der Waals surface area contributed by atoms with Crippen molar-refractivity contribution < 1.29 is 28.6 Å². The number of unbranched alkanes of at least 4 members (excludes halogenated alkanes) is 24. The molecule has 2 aliphatic rings. The van der Waals surface area contributed by atoms with Crippen molar-refractivity contribution in [2.24, 2.45) is 34.0 Å². The molecule has 4 atom stereocenters. The number of esters is 3. The van der Waals surface area contributed by atoms with Crippen LogP contribution in [0.3, 0.4) is 0 Å². The fourth-order valence-corrected chi connectivity index (χ4v) is 14.2. The molecule has 0 amide bonds. The third-order valence-corrected chi connectivity index (χ3v) is 17.6. The minimum absolute atomic E-state index is 0.0218. The topological polar surface area (TPSA) is 82.1 Å². The number of nitrogens with zero attached hydrogens (tertiary/aromatic N) is 1. The largest absolute Gasteiger partial charge is 0.466 e. The van der Waals surface area contributed by atoms with Crippen molar-refractivity contribution in [1.82, 2.24) is 4.90 Å². The lowest BCUT2D eigenvalue weighted by Gasteiger charge is -2.58. The predicted octanol–water partition coefficient (Wildman–Crippen LogP) is 19.7.